The summed E-state index contributed by atoms with van der Waals surface area (Å²) in [6.45, 7) is 4.16. The van der Waals surface area contributed by atoms with Crippen LogP contribution in [0.25, 0.3) is 0 Å². The Kier molecular flexibility index (Phi) is 3.02. The molecule has 0 aromatic carbocycles. The van der Waals surface area contributed by atoms with Crippen LogP contribution in [0.2, 0.25) is 0 Å². The molecule has 2 rings (SSSR count). The molecule has 1 aliphatic carbocycles. The first-order chi connectivity index (χ1) is 7.58. The number of fused-ring (bicyclic) bond motifs is 1. The van der Waals surface area contributed by atoms with Crippen LogP contribution in [0.5, 0.6) is 0 Å². The Morgan fingerprint density at radius 3 is 3.12 bits per heavy atom. The number of aromatic nitrogens is 1. The minimum absolute atomic E-state index is 0.163. The largest absolute Gasteiger partial charge is 0.465 e. The van der Waals surface area contributed by atoms with Gasteiger partial charge in [-0.3, -0.25) is 9.78 Å². The molecule has 0 saturated heterocycles. The number of hydrogen-bond acceptors (Lipinski definition) is 3. The summed E-state index contributed by atoms with van der Waals surface area (Å²) in [6, 6.07) is 2.03. The van der Waals surface area contributed by atoms with Gasteiger partial charge in [-0.2, -0.15) is 0 Å². The quantitative estimate of drug-likeness (QED) is 0.784. The zero-order valence-corrected chi connectivity index (χ0v) is 11.0. The van der Waals surface area contributed by atoms with Crippen LogP contribution in [-0.4, -0.2) is 17.6 Å². The lowest BCUT2D eigenvalue weighted by atomic mass is 9.88. The summed E-state index contributed by atoms with van der Waals surface area (Å²) in [4.78, 5) is 16.3. The molecule has 0 radical (unpaired) electrons. The third-order valence-corrected chi connectivity index (χ3v) is 3.51. The van der Waals surface area contributed by atoms with E-state index in [1.165, 1.54) is 0 Å². The van der Waals surface area contributed by atoms with Gasteiger partial charge in [-0.1, -0.05) is 0 Å². The average molecular weight is 284 g/mol. The molecule has 1 aromatic rings. The second-order valence-corrected chi connectivity index (χ2v) is 5.13. The molecule has 1 unspecified atom stereocenters. The Labute approximate surface area is 103 Å². The molecule has 0 amide bonds. The third kappa shape index (κ3) is 1.75. The van der Waals surface area contributed by atoms with E-state index >= 15 is 0 Å². The van der Waals surface area contributed by atoms with E-state index in [0.29, 0.717) is 6.61 Å². The van der Waals surface area contributed by atoms with Crippen molar-refractivity contribution in [1.29, 1.82) is 0 Å². The zero-order valence-electron chi connectivity index (χ0n) is 9.42. The Balaban J connectivity index is 2.38. The highest BCUT2D eigenvalue weighted by atomic mass is 79.9. The van der Waals surface area contributed by atoms with Gasteiger partial charge in [-0.25, -0.2) is 0 Å². The van der Waals surface area contributed by atoms with E-state index in [-0.39, 0.29) is 5.97 Å². The van der Waals surface area contributed by atoms with E-state index in [1.807, 2.05) is 19.9 Å². The fourth-order valence-corrected chi connectivity index (χ4v) is 2.54. The first-order valence-corrected chi connectivity index (χ1v) is 6.19. The first-order valence-electron chi connectivity index (χ1n) is 5.40. The number of nitrogens with zero attached hydrogens (tertiary/aromatic N) is 1. The minimum atomic E-state index is -0.563. The van der Waals surface area contributed by atoms with Crippen molar-refractivity contribution in [2.24, 2.45) is 0 Å². The molecule has 16 heavy (non-hydrogen) atoms. The zero-order chi connectivity index (χ0) is 11.8. The van der Waals surface area contributed by atoms with Crippen LogP contribution in [0.3, 0.4) is 0 Å². The number of rotatable bonds is 2. The van der Waals surface area contributed by atoms with Crippen LogP contribution in [0.15, 0.2) is 16.7 Å². The van der Waals surface area contributed by atoms with Crippen molar-refractivity contribution >= 4 is 21.9 Å². The second kappa shape index (κ2) is 4.17. The normalized spacial score (nSPS) is 22.9. The molecule has 1 heterocycles. The Morgan fingerprint density at radius 1 is 1.69 bits per heavy atom. The van der Waals surface area contributed by atoms with E-state index < -0.39 is 5.41 Å². The standard InChI is InChI=1S/C12H14BrNO2/c1-3-16-11(15)12(2)5-4-8-6-9(13)7-14-10(8)12/h6-7H,3-5H2,1-2H3. The molecule has 0 saturated carbocycles. The lowest BCUT2D eigenvalue weighted by Crippen LogP contribution is -2.32. The maximum atomic E-state index is 11.9. The summed E-state index contributed by atoms with van der Waals surface area (Å²) >= 11 is 3.39. The molecular formula is C12H14BrNO2. The Bertz CT molecular complexity index is 433. The SMILES string of the molecule is CCOC(=O)C1(C)CCc2cc(Br)cnc21. The molecule has 4 heteroatoms. The smallest absolute Gasteiger partial charge is 0.317 e. The van der Waals surface area contributed by atoms with Gasteiger partial charge in [0, 0.05) is 10.7 Å². The van der Waals surface area contributed by atoms with Crippen LogP contribution in [0.4, 0.5) is 0 Å². The van der Waals surface area contributed by atoms with Gasteiger partial charge >= 0.3 is 5.97 Å². The van der Waals surface area contributed by atoms with Crippen LogP contribution in [0, 0.1) is 0 Å². The van der Waals surface area contributed by atoms with E-state index in [2.05, 4.69) is 20.9 Å². The predicted molar refractivity (Wildman–Crippen MR) is 64.2 cm³/mol. The fourth-order valence-electron chi connectivity index (χ4n) is 2.16. The maximum Gasteiger partial charge on any atom is 0.317 e. The summed E-state index contributed by atoms with van der Waals surface area (Å²) in [6.07, 6.45) is 3.41. The number of hydrogen-bond donors (Lipinski definition) is 0. The van der Waals surface area contributed by atoms with Crippen LogP contribution in [0.1, 0.15) is 31.5 Å². The summed E-state index contributed by atoms with van der Waals surface area (Å²) < 4.78 is 6.08. The van der Waals surface area contributed by atoms with Gasteiger partial charge in [0.2, 0.25) is 0 Å². The predicted octanol–water partition coefficient (Wildman–Crippen LogP) is 2.61. The van der Waals surface area contributed by atoms with Gasteiger partial charge in [-0.15, -0.1) is 0 Å². The van der Waals surface area contributed by atoms with Gasteiger partial charge in [0.05, 0.1) is 12.3 Å². The Hall–Kier alpha value is -0.900. The number of halogens is 1. The lowest BCUT2D eigenvalue weighted by molar-refractivity contribution is -0.149. The summed E-state index contributed by atoms with van der Waals surface area (Å²) in [7, 11) is 0. The molecular weight excluding hydrogens is 270 g/mol. The number of pyridine rings is 1. The maximum absolute atomic E-state index is 11.9. The van der Waals surface area contributed by atoms with Crippen molar-refractivity contribution in [2.75, 3.05) is 6.61 Å². The van der Waals surface area contributed by atoms with E-state index in [0.717, 1.165) is 28.6 Å². The van der Waals surface area contributed by atoms with Crippen LogP contribution >= 0.6 is 15.9 Å². The molecule has 1 atom stereocenters. The van der Waals surface area contributed by atoms with Crippen molar-refractivity contribution < 1.29 is 9.53 Å². The highest BCUT2D eigenvalue weighted by Gasteiger charge is 2.43. The van der Waals surface area contributed by atoms with E-state index in [4.69, 9.17) is 4.74 Å². The monoisotopic (exact) mass is 283 g/mol. The third-order valence-electron chi connectivity index (χ3n) is 3.08. The van der Waals surface area contributed by atoms with Crippen molar-refractivity contribution in [2.45, 2.75) is 32.1 Å². The van der Waals surface area contributed by atoms with Gasteiger partial charge in [0.1, 0.15) is 5.41 Å². The summed E-state index contributed by atoms with van der Waals surface area (Å²) in [5.41, 5.74) is 1.45. The van der Waals surface area contributed by atoms with Crippen LogP contribution in [-0.2, 0) is 21.4 Å². The number of carbonyl (C=O) groups is 1. The molecule has 86 valence electrons. The van der Waals surface area contributed by atoms with Crippen molar-refractivity contribution in [3.63, 3.8) is 0 Å². The van der Waals surface area contributed by atoms with Gasteiger partial charge in [0.15, 0.2) is 0 Å². The molecule has 0 aliphatic heterocycles. The number of aryl methyl sites for hydroxylation is 1. The van der Waals surface area contributed by atoms with Gasteiger partial charge in [0.25, 0.3) is 0 Å². The topological polar surface area (TPSA) is 39.2 Å². The minimum Gasteiger partial charge on any atom is -0.465 e. The molecule has 1 aliphatic rings. The second-order valence-electron chi connectivity index (χ2n) is 4.21. The first kappa shape index (κ1) is 11.6. The molecule has 1 aromatic heterocycles. The average Bonchev–Trinajstić information content (AvgIpc) is 2.58. The summed E-state index contributed by atoms with van der Waals surface area (Å²) in [5.74, 6) is -0.163. The molecule has 0 bridgehead atoms. The molecule has 0 spiro atoms. The fraction of sp³-hybridized carbons (Fsp3) is 0.500. The lowest BCUT2D eigenvalue weighted by Gasteiger charge is -2.21. The number of carbonyl (C=O) groups excluding carboxylic acids is 1. The number of esters is 1. The van der Waals surface area contributed by atoms with Crippen LogP contribution < -0.4 is 0 Å². The molecule has 0 fully saturated rings. The van der Waals surface area contributed by atoms with Crippen molar-refractivity contribution in [1.82, 2.24) is 4.98 Å². The highest BCUT2D eigenvalue weighted by Crippen LogP contribution is 2.39. The Morgan fingerprint density at radius 2 is 2.44 bits per heavy atom. The van der Waals surface area contributed by atoms with Crippen molar-refractivity contribution in [3.8, 4) is 0 Å². The molecule has 3 nitrogen and oxygen atoms in total. The van der Waals surface area contributed by atoms with E-state index in [9.17, 15) is 4.79 Å². The van der Waals surface area contributed by atoms with Gasteiger partial charge in [-0.05, 0) is 54.2 Å². The number of ether oxygens (including phenoxy) is 1. The summed E-state index contributed by atoms with van der Waals surface area (Å²) in [5, 5.41) is 0. The highest BCUT2D eigenvalue weighted by molar-refractivity contribution is 9.10. The van der Waals surface area contributed by atoms with Crippen molar-refractivity contribution in [3.05, 3.63) is 28.0 Å². The van der Waals surface area contributed by atoms with E-state index in [1.54, 1.807) is 6.20 Å². The van der Waals surface area contributed by atoms with Gasteiger partial charge < -0.3 is 4.74 Å². The molecule has 0 N–H and O–H groups in total.